The van der Waals surface area contributed by atoms with Gasteiger partial charge in [0, 0.05) is 55.9 Å². The Kier molecular flexibility index (Phi) is 6.98. The van der Waals surface area contributed by atoms with Crippen LogP contribution in [0.5, 0.6) is 0 Å². The molecule has 0 spiro atoms. The van der Waals surface area contributed by atoms with Crippen LogP contribution in [0.3, 0.4) is 0 Å². The molecule has 0 unspecified atom stereocenters. The van der Waals surface area contributed by atoms with Crippen LogP contribution in [-0.2, 0) is 7.05 Å². The van der Waals surface area contributed by atoms with E-state index >= 15 is 0 Å². The van der Waals surface area contributed by atoms with Gasteiger partial charge in [-0.1, -0.05) is 18.2 Å². The number of aldehydes is 1. The van der Waals surface area contributed by atoms with Crippen molar-refractivity contribution < 1.29 is 9.72 Å². The molecule has 2 heterocycles. The fourth-order valence-corrected chi connectivity index (χ4v) is 4.24. The van der Waals surface area contributed by atoms with Gasteiger partial charge in [0.15, 0.2) is 6.29 Å². The van der Waals surface area contributed by atoms with E-state index < -0.39 is 0 Å². The van der Waals surface area contributed by atoms with Crippen LogP contribution in [0.15, 0.2) is 48.7 Å². The number of benzene rings is 2. The van der Waals surface area contributed by atoms with Gasteiger partial charge in [0.1, 0.15) is 5.69 Å². The number of hydrogen-bond donors (Lipinski definition) is 1. The van der Waals surface area contributed by atoms with Crippen molar-refractivity contribution in [3.63, 3.8) is 0 Å². The molecule has 0 amide bonds. The van der Waals surface area contributed by atoms with Crippen molar-refractivity contribution in [2.45, 2.75) is 6.92 Å². The largest absolute Gasteiger partial charge is 0.368 e. The zero-order chi connectivity index (χ0) is 26.0. The molecule has 0 bridgehead atoms. The zero-order valence-corrected chi connectivity index (χ0v) is 21.0. The van der Waals surface area contributed by atoms with E-state index in [1.54, 1.807) is 18.3 Å². The first-order valence-electron chi connectivity index (χ1n) is 11.5. The molecule has 0 atom stereocenters. The summed E-state index contributed by atoms with van der Waals surface area (Å²) < 4.78 is 1.84. The van der Waals surface area contributed by atoms with Crippen LogP contribution >= 0.6 is 0 Å². The SMILES string of the molecule is Cc1cc(N(C)CCN(C)C)c([N+](=O)[O-])cc1Nc1nccc(-c2c(C=O)n(C)c3ccccc23)n1. The van der Waals surface area contributed by atoms with Gasteiger partial charge in [-0.3, -0.25) is 14.9 Å². The van der Waals surface area contributed by atoms with E-state index in [9.17, 15) is 14.9 Å². The fourth-order valence-electron chi connectivity index (χ4n) is 4.24. The number of rotatable bonds is 9. The number of anilines is 3. The minimum Gasteiger partial charge on any atom is -0.368 e. The summed E-state index contributed by atoms with van der Waals surface area (Å²) in [4.78, 5) is 36.3. The summed E-state index contributed by atoms with van der Waals surface area (Å²) in [6, 6.07) is 12.8. The number of hydrogen-bond acceptors (Lipinski definition) is 8. The van der Waals surface area contributed by atoms with E-state index in [2.05, 4.69) is 15.3 Å². The highest BCUT2D eigenvalue weighted by atomic mass is 16.6. The van der Waals surface area contributed by atoms with Crippen LogP contribution in [-0.4, -0.2) is 64.9 Å². The first kappa shape index (κ1) is 24.8. The molecule has 2 aromatic carbocycles. The minimum absolute atomic E-state index is 0.00203. The van der Waals surface area contributed by atoms with Gasteiger partial charge in [-0.25, -0.2) is 9.97 Å². The molecule has 0 fully saturated rings. The van der Waals surface area contributed by atoms with Gasteiger partial charge < -0.3 is 19.7 Å². The molecule has 1 N–H and O–H groups in total. The molecule has 2 aromatic heterocycles. The lowest BCUT2D eigenvalue weighted by Crippen LogP contribution is -2.29. The standard InChI is InChI=1S/C26H29N7O3/c1-17-14-22(31(4)13-12-30(2)3)23(33(35)36)15-20(17)29-26-27-11-10-19(28-26)25-18-8-6-7-9-21(18)32(5)24(25)16-34/h6-11,14-16H,12-13H2,1-5H3,(H,27,28,29). The summed E-state index contributed by atoms with van der Waals surface area (Å²) in [5, 5.41) is 15.9. The highest BCUT2D eigenvalue weighted by Crippen LogP contribution is 2.36. The average molecular weight is 488 g/mol. The first-order valence-corrected chi connectivity index (χ1v) is 11.5. The molecular weight excluding hydrogens is 458 g/mol. The molecule has 10 nitrogen and oxygen atoms in total. The van der Waals surface area contributed by atoms with Crippen LogP contribution in [0.25, 0.3) is 22.2 Å². The second-order valence-corrected chi connectivity index (χ2v) is 8.98. The van der Waals surface area contributed by atoms with E-state index in [-0.39, 0.29) is 16.6 Å². The van der Waals surface area contributed by atoms with Crippen LogP contribution in [0, 0.1) is 17.0 Å². The number of nitrogens with one attached hydrogen (secondary N) is 1. The summed E-state index contributed by atoms with van der Waals surface area (Å²) in [5.41, 5.74) is 4.63. The van der Waals surface area contributed by atoms with Crippen molar-refractivity contribution in [1.82, 2.24) is 19.4 Å². The molecule has 0 saturated heterocycles. The highest BCUT2D eigenvalue weighted by Gasteiger charge is 2.21. The van der Waals surface area contributed by atoms with Crippen molar-refractivity contribution in [3.05, 3.63) is 70.0 Å². The Morgan fingerprint density at radius 3 is 2.58 bits per heavy atom. The second kappa shape index (κ2) is 10.1. The van der Waals surface area contributed by atoms with E-state index in [0.29, 0.717) is 34.9 Å². The van der Waals surface area contributed by atoms with Crippen LogP contribution in [0.1, 0.15) is 16.1 Å². The third-order valence-electron chi connectivity index (χ3n) is 6.23. The van der Waals surface area contributed by atoms with E-state index in [0.717, 1.165) is 29.3 Å². The lowest BCUT2D eigenvalue weighted by Gasteiger charge is -2.22. The van der Waals surface area contributed by atoms with Gasteiger partial charge >= 0.3 is 0 Å². The van der Waals surface area contributed by atoms with E-state index in [4.69, 9.17) is 0 Å². The van der Waals surface area contributed by atoms with Gasteiger partial charge in [-0.15, -0.1) is 0 Å². The molecule has 4 rings (SSSR count). The molecule has 4 aromatic rings. The molecule has 0 saturated carbocycles. The normalized spacial score (nSPS) is 11.2. The molecule has 10 heteroatoms. The lowest BCUT2D eigenvalue weighted by atomic mass is 10.1. The van der Waals surface area contributed by atoms with Crippen molar-refractivity contribution in [3.8, 4) is 11.3 Å². The maximum Gasteiger partial charge on any atom is 0.294 e. The number of para-hydroxylation sites is 1. The monoisotopic (exact) mass is 487 g/mol. The molecule has 0 aliphatic carbocycles. The first-order chi connectivity index (χ1) is 17.2. The maximum absolute atomic E-state index is 11.9. The number of carbonyl (C=O) groups excluding carboxylic acids is 1. The van der Waals surface area contributed by atoms with Crippen molar-refractivity contribution >= 4 is 40.2 Å². The van der Waals surface area contributed by atoms with Crippen LogP contribution in [0.4, 0.5) is 23.0 Å². The van der Waals surface area contributed by atoms with Gasteiger partial charge in [0.05, 0.1) is 22.0 Å². The Labute approximate surface area is 209 Å². The Balaban J connectivity index is 1.72. The van der Waals surface area contributed by atoms with Crippen molar-refractivity contribution in [1.29, 1.82) is 0 Å². The fraction of sp³-hybridized carbons (Fsp3) is 0.269. The Morgan fingerprint density at radius 1 is 1.14 bits per heavy atom. The number of nitro benzene ring substituents is 1. The summed E-state index contributed by atoms with van der Waals surface area (Å²) >= 11 is 0. The number of nitro groups is 1. The molecule has 186 valence electrons. The summed E-state index contributed by atoms with van der Waals surface area (Å²) in [6.45, 7) is 3.30. The smallest absolute Gasteiger partial charge is 0.294 e. The number of carbonyl (C=O) groups is 1. The maximum atomic E-state index is 11.9. The Hall–Kier alpha value is -4.31. The lowest BCUT2D eigenvalue weighted by molar-refractivity contribution is -0.384. The minimum atomic E-state index is -0.379. The molecule has 36 heavy (non-hydrogen) atoms. The van der Waals surface area contributed by atoms with Gasteiger partial charge in [0.2, 0.25) is 5.95 Å². The number of likely N-dealkylation sites (N-methyl/N-ethyl adjacent to an activating group) is 2. The molecule has 0 aliphatic heterocycles. The second-order valence-electron chi connectivity index (χ2n) is 8.98. The van der Waals surface area contributed by atoms with Gasteiger partial charge in [-0.05, 0) is 44.8 Å². The third-order valence-corrected chi connectivity index (χ3v) is 6.23. The predicted octanol–water partition coefficient (Wildman–Crippen LogP) is 4.41. The van der Waals surface area contributed by atoms with E-state index in [1.165, 1.54) is 6.07 Å². The summed E-state index contributed by atoms with van der Waals surface area (Å²) in [7, 11) is 7.62. The highest BCUT2D eigenvalue weighted by molar-refractivity contribution is 6.04. The van der Waals surface area contributed by atoms with Crippen LogP contribution in [0.2, 0.25) is 0 Å². The topological polar surface area (TPSA) is 109 Å². The predicted molar refractivity (Wildman–Crippen MR) is 142 cm³/mol. The van der Waals surface area contributed by atoms with Gasteiger partial charge in [-0.2, -0.15) is 0 Å². The van der Waals surface area contributed by atoms with Crippen molar-refractivity contribution in [2.24, 2.45) is 7.05 Å². The Morgan fingerprint density at radius 2 is 1.89 bits per heavy atom. The zero-order valence-electron chi connectivity index (χ0n) is 21.0. The van der Waals surface area contributed by atoms with E-state index in [1.807, 2.05) is 73.7 Å². The number of aryl methyl sites for hydroxylation is 2. The molecular formula is C26H29N7O3. The molecule has 0 radical (unpaired) electrons. The molecule has 0 aliphatic rings. The van der Waals surface area contributed by atoms with Crippen molar-refractivity contribution in [2.75, 3.05) is 44.4 Å². The number of aromatic nitrogens is 3. The average Bonchev–Trinajstić information content (AvgIpc) is 3.15. The third kappa shape index (κ3) is 4.76. The Bertz CT molecular complexity index is 1450. The summed E-state index contributed by atoms with van der Waals surface area (Å²) in [6.07, 6.45) is 2.43. The van der Waals surface area contributed by atoms with Crippen LogP contribution < -0.4 is 10.2 Å². The number of nitrogens with zero attached hydrogens (tertiary/aromatic N) is 6. The number of fused-ring (bicyclic) bond motifs is 1. The van der Waals surface area contributed by atoms with Gasteiger partial charge in [0.25, 0.3) is 5.69 Å². The quantitative estimate of drug-likeness (QED) is 0.210. The summed E-state index contributed by atoms with van der Waals surface area (Å²) in [5.74, 6) is 0.281.